The first-order valence-electron chi connectivity index (χ1n) is 7.55. The van der Waals surface area contributed by atoms with Gasteiger partial charge in [-0.1, -0.05) is 11.3 Å². The highest BCUT2D eigenvalue weighted by molar-refractivity contribution is 7.21. The number of thiophene rings is 1. The zero-order valence-electron chi connectivity index (χ0n) is 12.4. The van der Waals surface area contributed by atoms with Crippen LogP contribution < -0.4 is 10.6 Å². The minimum absolute atomic E-state index is 0.00365. The van der Waals surface area contributed by atoms with Crippen molar-refractivity contribution in [2.45, 2.75) is 12.8 Å². The summed E-state index contributed by atoms with van der Waals surface area (Å²) >= 11 is 3.29. The van der Waals surface area contributed by atoms with Gasteiger partial charge >= 0.3 is 0 Å². The van der Waals surface area contributed by atoms with Crippen LogP contribution in [-0.4, -0.2) is 29.0 Å². The average molecular weight is 344 g/mol. The van der Waals surface area contributed by atoms with Crippen molar-refractivity contribution in [3.63, 3.8) is 0 Å². The van der Waals surface area contributed by atoms with Crippen molar-refractivity contribution >= 4 is 44.1 Å². The minimum Gasteiger partial charge on any atom is -0.369 e. The topological polar surface area (TPSA) is 72.1 Å². The summed E-state index contributed by atoms with van der Waals surface area (Å²) in [7, 11) is 0. The first kappa shape index (κ1) is 14.6. The SMILES string of the molecule is NC(=O)C1CCN(c2nc3ccc(-c4ccsc4)nc3s2)CC1. The lowest BCUT2D eigenvalue weighted by Crippen LogP contribution is -2.38. The molecule has 4 heterocycles. The molecule has 0 spiro atoms. The van der Waals surface area contributed by atoms with Crippen LogP contribution in [0.25, 0.3) is 21.6 Å². The molecule has 0 unspecified atom stereocenters. The predicted octanol–water partition coefficient (Wildman–Crippen LogP) is 3.12. The van der Waals surface area contributed by atoms with Crippen molar-refractivity contribution in [1.29, 1.82) is 0 Å². The van der Waals surface area contributed by atoms with E-state index in [1.807, 2.05) is 12.1 Å². The number of nitrogens with two attached hydrogens (primary N) is 1. The zero-order chi connectivity index (χ0) is 15.8. The van der Waals surface area contributed by atoms with E-state index in [4.69, 9.17) is 15.7 Å². The molecule has 1 aliphatic heterocycles. The number of piperidine rings is 1. The van der Waals surface area contributed by atoms with Crippen molar-refractivity contribution < 1.29 is 4.79 Å². The summed E-state index contributed by atoms with van der Waals surface area (Å²) in [5.74, 6) is -0.181. The normalized spacial score (nSPS) is 16.1. The minimum atomic E-state index is -0.184. The highest BCUT2D eigenvalue weighted by Crippen LogP contribution is 2.32. The second kappa shape index (κ2) is 5.90. The van der Waals surface area contributed by atoms with Gasteiger partial charge in [-0.3, -0.25) is 4.79 Å². The smallest absolute Gasteiger partial charge is 0.220 e. The van der Waals surface area contributed by atoms with Crippen molar-refractivity contribution in [2.75, 3.05) is 18.0 Å². The predicted molar refractivity (Wildman–Crippen MR) is 94.9 cm³/mol. The molecule has 1 saturated heterocycles. The Balaban J connectivity index is 1.59. The molecule has 23 heavy (non-hydrogen) atoms. The van der Waals surface area contributed by atoms with Crippen LogP contribution in [0.2, 0.25) is 0 Å². The largest absolute Gasteiger partial charge is 0.369 e. The Hall–Kier alpha value is -1.99. The number of aromatic nitrogens is 2. The fourth-order valence-corrected chi connectivity index (χ4v) is 4.51. The van der Waals surface area contributed by atoms with E-state index in [0.717, 1.165) is 52.7 Å². The molecule has 1 fully saturated rings. The van der Waals surface area contributed by atoms with Gasteiger partial charge in [-0.15, -0.1) is 0 Å². The van der Waals surface area contributed by atoms with Crippen LogP contribution in [0.15, 0.2) is 29.0 Å². The van der Waals surface area contributed by atoms with Gasteiger partial charge in [0, 0.05) is 30.0 Å². The summed E-state index contributed by atoms with van der Waals surface area (Å²) in [5.41, 5.74) is 8.46. The molecule has 0 bridgehead atoms. The van der Waals surface area contributed by atoms with E-state index in [1.54, 1.807) is 22.7 Å². The van der Waals surface area contributed by atoms with Gasteiger partial charge in [0.05, 0.1) is 5.69 Å². The molecule has 0 radical (unpaired) electrons. The van der Waals surface area contributed by atoms with E-state index < -0.39 is 0 Å². The van der Waals surface area contributed by atoms with Crippen LogP contribution in [0.5, 0.6) is 0 Å². The maximum Gasteiger partial charge on any atom is 0.220 e. The second-order valence-electron chi connectivity index (χ2n) is 5.69. The first-order valence-corrected chi connectivity index (χ1v) is 9.31. The van der Waals surface area contributed by atoms with E-state index in [0.29, 0.717) is 0 Å². The summed E-state index contributed by atoms with van der Waals surface area (Å²) in [6, 6.07) is 6.13. The number of hydrogen-bond donors (Lipinski definition) is 1. The van der Waals surface area contributed by atoms with Gasteiger partial charge in [0.2, 0.25) is 5.91 Å². The summed E-state index contributed by atoms with van der Waals surface area (Å²) in [6.07, 6.45) is 1.61. The quantitative estimate of drug-likeness (QED) is 0.792. The number of fused-ring (bicyclic) bond motifs is 1. The molecule has 1 aliphatic rings. The molecule has 0 aromatic carbocycles. The molecule has 2 N–H and O–H groups in total. The highest BCUT2D eigenvalue weighted by Gasteiger charge is 2.25. The number of primary amides is 1. The number of anilines is 1. The summed E-state index contributed by atoms with van der Waals surface area (Å²) in [6.45, 7) is 1.65. The van der Waals surface area contributed by atoms with Gasteiger partial charge < -0.3 is 10.6 Å². The summed E-state index contributed by atoms with van der Waals surface area (Å²) < 4.78 is 0. The maximum atomic E-state index is 11.3. The molecule has 3 aromatic rings. The third-order valence-electron chi connectivity index (χ3n) is 4.23. The fourth-order valence-electron chi connectivity index (χ4n) is 2.87. The van der Waals surface area contributed by atoms with Crippen LogP contribution in [0, 0.1) is 5.92 Å². The molecule has 3 aromatic heterocycles. The molecule has 118 valence electrons. The Bertz CT molecular complexity index is 835. The van der Waals surface area contributed by atoms with E-state index >= 15 is 0 Å². The highest BCUT2D eigenvalue weighted by atomic mass is 32.1. The average Bonchev–Trinajstić information content (AvgIpc) is 3.23. The van der Waals surface area contributed by atoms with Gasteiger partial charge in [-0.05, 0) is 36.4 Å². The van der Waals surface area contributed by atoms with E-state index in [-0.39, 0.29) is 11.8 Å². The Kier molecular flexibility index (Phi) is 3.74. The fraction of sp³-hybridized carbons (Fsp3) is 0.312. The second-order valence-corrected chi connectivity index (χ2v) is 7.43. The number of thiazole rings is 1. The maximum absolute atomic E-state index is 11.3. The molecular formula is C16H16N4OS2. The van der Waals surface area contributed by atoms with Crippen LogP contribution >= 0.6 is 22.7 Å². The van der Waals surface area contributed by atoms with Gasteiger partial charge in [-0.2, -0.15) is 11.3 Å². The van der Waals surface area contributed by atoms with Crippen LogP contribution in [0.3, 0.4) is 0 Å². The number of carbonyl (C=O) groups excluding carboxylic acids is 1. The monoisotopic (exact) mass is 344 g/mol. The lowest BCUT2D eigenvalue weighted by Gasteiger charge is -2.30. The molecule has 0 saturated carbocycles. The van der Waals surface area contributed by atoms with E-state index in [1.165, 1.54) is 0 Å². The summed E-state index contributed by atoms with van der Waals surface area (Å²) in [5, 5.41) is 5.14. The molecule has 7 heteroatoms. The number of nitrogens with zero attached hydrogens (tertiary/aromatic N) is 3. The van der Waals surface area contributed by atoms with Crippen LogP contribution in [0.1, 0.15) is 12.8 Å². The number of pyridine rings is 1. The van der Waals surface area contributed by atoms with E-state index in [9.17, 15) is 4.79 Å². The third kappa shape index (κ3) is 2.82. The lowest BCUT2D eigenvalue weighted by molar-refractivity contribution is -0.122. The number of rotatable bonds is 3. The number of hydrogen-bond acceptors (Lipinski definition) is 6. The molecule has 5 nitrogen and oxygen atoms in total. The van der Waals surface area contributed by atoms with Crippen molar-refractivity contribution in [3.05, 3.63) is 29.0 Å². The third-order valence-corrected chi connectivity index (χ3v) is 5.94. The molecule has 4 rings (SSSR count). The lowest BCUT2D eigenvalue weighted by atomic mass is 9.97. The Morgan fingerprint density at radius 1 is 1.22 bits per heavy atom. The first-order chi connectivity index (χ1) is 11.2. The van der Waals surface area contributed by atoms with E-state index in [2.05, 4.69) is 21.7 Å². The standard InChI is InChI=1S/C16H16N4OS2/c17-14(21)10-3-6-20(7-4-10)16-19-13-2-1-12(18-15(13)23-16)11-5-8-22-9-11/h1-2,5,8-10H,3-4,6-7H2,(H2,17,21). The molecular weight excluding hydrogens is 328 g/mol. The Morgan fingerprint density at radius 2 is 2.04 bits per heavy atom. The number of amides is 1. The molecule has 0 aliphatic carbocycles. The van der Waals surface area contributed by atoms with Crippen molar-refractivity contribution in [3.8, 4) is 11.3 Å². The number of carbonyl (C=O) groups is 1. The summed E-state index contributed by atoms with van der Waals surface area (Å²) in [4.78, 5) is 23.9. The van der Waals surface area contributed by atoms with Crippen LogP contribution in [0.4, 0.5) is 5.13 Å². The molecule has 0 atom stereocenters. The van der Waals surface area contributed by atoms with Gasteiger partial charge in [0.15, 0.2) is 5.13 Å². The van der Waals surface area contributed by atoms with Crippen LogP contribution in [-0.2, 0) is 4.79 Å². The zero-order valence-corrected chi connectivity index (χ0v) is 14.1. The Morgan fingerprint density at radius 3 is 2.74 bits per heavy atom. The van der Waals surface area contributed by atoms with Crippen molar-refractivity contribution in [1.82, 2.24) is 9.97 Å². The van der Waals surface area contributed by atoms with Gasteiger partial charge in [0.1, 0.15) is 10.3 Å². The van der Waals surface area contributed by atoms with Gasteiger partial charge in [0.25, 0.3) is 0 Å². The molecule has 1 amide bonds. The van der Waals surface area contributed by atoms with Gasteiger partial charge in [-0.25, -0.2) is 9.97 Å². The van der Waals surface area contributed by atoms with Crippen molar-refractivity contribution in [2.24, 2.45) is 11.7 Å². The Labute approximate surface area is 141 Å².